The highest BCUT2D eigenvalue weighted by atomic mass is 79.9. The summed E-state index contributed by atoms with van der Waals surface area (Å²) in [6.45, 7) is 2.73. The van der Waals surface area contributed by atoms with Crippen molar-refractivity contribution in [1.29, 1.82) is 0 Å². The standard InChI is InChI=1S/C15H18BrNO6/c1-3-22-14(18)13(15(19)23-4-2)11(9-17(20)21)10-7-5-6-8-12(10)16/h5-8,11,13H,3-4,9H2,1-2H3/t11-/m0/s1. The van der Waals surface area contributed by atoms with E-state index in [9.17, 15) is 19.7 Å². The van der Waals surface area contributed by atoms with Gasteiger partial charge in [-0.15, -0.1) is 0 Å². The molecular weight excluding hydrogens is 370 g/mol. The van der Waals surface area contributed by atoms with E-state index in [-0.39, 0.29) is 13.2 Å². The van der Waals surface area contributed by atoms with Crippen molar-refractivity contribution in [3.63, 3.8) is 0 Å². The number of carbonyl (C=O) groups excluding carboxylic acids is 2. The van der Waals surface area contributed by atoms with E-state index in [4.69, 9.17) is 9.47 Å². The van der Waals surface area contributed by atoms with Gasteiger partial charge in [-0.1, -0.05) is 34.1 Å². The van der Waals surface area contributed by atoms with E-state index in [0.717, 1.165) is 0 Å². The number of benzene rings is 1. The van der Waals surface area contributed by atoms with E-state index in [0.29, 0.717) is 10.0 Å². The fourth-order valence-electron chi connectivity index (χ4n) is 2.21. The summed E-state index contributed by atoms with van der Waals surface area (Å²) in [4.78, 5) is 34.9. The zero-order valence-electron chi connectivity index (χ0n) is 12.9. The van der Waals surface area contributed by atoms with E-state index in [1.165, 1.54) is 0 Å². The summed E-state index contributed by atoms with van der Waals surface area (Å²) < 4.78 is 10.4. The first-order valence-corrected chi connectivity index (χ1v) is 7.91. The van der Waals surface area contributed by atoms with E-state index < -0.39 is 35.2 Å². The molecule has 0 aliphatic carbocycles. The van der Waals surface area contributed by atoms with Gasteiger partial charge in [0.25, 0.3) is 0 Å². The van der Waals surface area contributed by atoms with Crippen molar-refractivity contribution in [3.05, 3.63) is 44.4 Å². The minimum absolute atomic E-state index is 0.0654. The Labute approximate surface area is 142 Å². The van der Waals surface area contributed by atoms with Gasteiger partial charge in [0.2, 0.25) is 6.54 Å². The van der Waals surface area contributed by atoms with Crippen LogP contribution >= 0.6 is 15.9 Å². The predicted molar refractivity (Wildman–Crippen MR) is 85.5 cm³/mol. The Hall–Kier alpha value is -1.96. The average molecular weight is 388 g/mol. The topological polar surface area (TPSA) is 95.7 Å². The number of hydrogen-bond acceptors (Lipinski definition) is 6. The predicted octanol–water partition coefficient (Wildman–Crippen LogP) is 2.55. The lowest BCUT2D eigenvalue weighted by atomic mass is 9.85. The third kappa shape index (κ3) is 5.31. The Morgan fingerprint density at radius 3 is 2.13 bits per heavy atom. The van der Waals surface area contributed by atoms with Gasteiger partial charge in [-0.3, -0.25) is 19.7 Å². The van der Waals surface area contributed by atoms with Crippen LogP contribution in [0.25, 0.3) is 0 Å². The maximum atomic E-state index is 12.2. The number of ether oxygens (including phenoxy) is 2. The van der Waals surface area contributed by atoms with Crippen molar-refractivity contribution in [1.82, 2.24) is 0 Å². The van der Waals surface area contributed by atoms with Gasteiger partial charge >= 0.3 is 11.9 Å². The molecule has 7 nitrogen and oxygen atoms in total. The third-order valence-corrected chi connectivity index (χ3v) is 3.86. The van der Waals surface area contributed by atoms with Gasteiger partial charge in [0.05, 0.1) is 19.1 Å². The van der Waals surface area contributed by atoms with Crippen molar-refractivity contribution in [2.24, 2.45) is 5.92 Å². The Balaban J connectivity index is 3.31. The molecule has 0 unspecified atom stereocenters. The van der Waals surface area contributed by atoms with Crippen LogP contribution in [0.3, 0.4) is 0 Å². The number of nitro groups is 1. The molecule has 0 N–H and O–H groups in total. The minimum atomic E-state index is -1.39. The molecule has 0 aliphatic rings. The summed E-state index contributed by atoms with van der Waals surface area (Å²) in [5, 5.41) is 11.0. The normalized spacial score (nSPS) is 11.8. The van der Waals surface area contributed by atoms with Crippen molar-refractivity contribution >= 4 is 27.9 Å². The largest absolute Gasteiger partial charge is 0.465 e. The molecule has 0 radical (unpaired) electrons. The molecule has 1 aromatic carbocycles. The Morgan fingerprint density at radius 2 is 1.70 bits per heavy atom. The molecule has 23 heavy (non-hydrogen) atoms. The average Bonchev–Trinajstić information content (AvgIpc) is 2.47. The van der Waals surface area contributed by atoms with Gasteiger partial charge in [0.1, 0.15) is 0 Å². The second-order valence-corrected chi connectivity index (χ2v) is 5.48. The van der Waals surface area contributed by atoms with Gasteiger partial charge < -0.3 is 9.47 Å². The summed E-state index contributed by atoms with van der Waals surface area (Å²) in [7, 11) is 0. The number of halogens is 1. The van der Waals surface area contributed by atoms with Crippen LogP contribution in [0, 0.1) is 16.0 Å². The maximum absolute atomic E-state index is 12.2. The molecule has 0 aliphatic heterocycles. The van der Waals surface area contributed by atoms with Gasteiger partial charge in [-0.05, 0) is 25.5 Å². The molecule has 0 heterocycles. The summed E-state index contributed by atoms with van der Waals surface area (Å²) in [6, 6.07) is 6.74. The van der Waals surface area contributed by atoms with Gasteiger partial charge in [0.15, 0.2) is 5.92 Å². The van der Waals surface area contributed by atoms with Crippen molar-refractivity contribution < 1.29 is 24.0 Å². The SMILES string of the molecule is CCOC(=O)C(C(=O)OCC)[C@@H](C[N+](=O)[O-])c1ccccc1Br. The van der Waals surface area contributed by atoms with Crippen LogP contribution < -0.4 is 0 Å². The van der Waals surface area contributed by atoms with E-state index in [1.54, 1.807) is 38.1 Å². The smallest absolute Gasteiger partial charge is 0.321 e. The van der Waals surface area contributed by atoms with Crippen LogP contribution in [-0.2, 0) is 19.1 Å². The van der Waals surface area contributed by atoms with Crippen LogP contribution in [0.1, 0.15) is 25.3 Å². The van der Waals surface area contributed by atoms with Crippen molar-refractivity contribution in [3.8, 4) is 0 Å². The summed E-state index contributed by atoms with van der Waals surface area (Å²) in [6.07, 6.45) is 0. The van der Waals surface area contributed by atoms with Gasteiger partial charge in [-0.25, -0.2) is 0 Å². The highest BCUT2D eigenvalue weighted by molar-refractivity contribution is 9.10. The fraction of sp³-hybridized carbons (Fsp3) is 0.467. The molecular formula is C15H18BrNO6. The third-order valence-electron chi connectivity index (χ3n) is 3.13. The summed E-state index contributed by atoms with van der Waals surface area (Å²) in [5.74, 6) is -4.03. The minimum Gasteiger partial charge on any atom is -0.465 e. The van der Waals surface area contributed by atoms with Crippen LogP contribution in [0.5, 0.6) is 0 Å². The lowest BCUT2D eigenvalue weighted by molar-refractivity contribution is -0.484. The van der Waals surface area contributed by atoms with Gasteiger partial charge in [-0.2, -0.15) is 0 Å². The molecule has 8 heteroatoms. The fourth-order valence-corrected chi connectivity index (χ4v) is 2.79. The van der Waals surface area contributed by atoms with Gasteiger partial charge in [0, 0.05) is 9.40 Å². The number of carbonyl (C=O) groups is 2. The van der Waals surface area contributed by atoms with Crippen molar-refractivity contribution in [2.45, 2.75) is 19.8 Å². The van der Waals surface area contributed by atoms with E-state index >= 15 is 0 Å². The zero-order valence-corrected chi connectivity index (χ0v) is 14.4. The van der Waals surface area contributed by atoms with Crippen molar-refractivity contribution in [2.75, 3.05) is 19.8 Å². The highest BCUT2D eigenvalue weighted by Gasteiger charge is 2.42. The molecule has 0 saturated heterocycles. The Kier molecular flexibility index (Phi) is 7.67. The molecule has 1 rings (SSSR count). The van der Waals surface area contributed by atoms with Crippen LogP contribution in [0.2, 0.25) is 0 Å². The second-order valence-electron chi connectivity index (χ2n) is 4.63. The molecule has 0 aromatic heterocycles. The first-order valence-electron chi connectivity index (χ1n) is 7.11. The molecule has 126 valence electrons. The number of hydrogen-bond donors (Lipinski definition) is 0. The monoisotopic (exact) mass is 387 g/mol. The Bertz CT molecular complexity index is 559. The molecule has 0 spiro atoms. The molecule has 1 aromatic rings. The molecule has 0 bridgehead atoms. The second kappa shape index (κ2) is 9.24. The molecule has 1 atom stereocenters. The summed E-state index contributed by atoms with van der Waals surface area (Å²) >= 11 is 3.30. The first kappa shape index (κ1) is 19.1. The highest BCUT2D eigenvalue weighted by Crippen LogP contribution is 2.32. The summed E-state index contributed by atoms with van der Waals surface area (Å²) in [5.41, 5.74) is 0.482. The molecule has 0 amide bonds. The first-order chi connectivity index (χ1) is 10.9. The number of nitrogens with zero attached hydrogens (tertiary/aromatic N) is 1. The maximum Gasteiger partial charge on any atom is 0.321 e. The zero-order chi connectivity index (χ0) is 17.4. The van der Waals surface area contributed by atoms with Crippen LogP contribution in [0.15, 0.2) is 28.7 Å². The number of rotatable bonds is 8. The lowest BCUT2D eigenvalue weighted by Gasteiger charge is -2.22. The quantitative estimate of drug-likeness (QED) is 0.294. The number of esters is 2. The van der Waals surface area contributed by atoms with Crippen LogP contribution in [0.4, 0.5) is 0 Å². The lowest BCUT2D eigenvalue weighted by Crippen LogP contribution is -2.36. The van der Waals surface area contributed by atoms with Crippen LogP contribution in [-0.4, -0.2) is 36.6 Å². The van der Waals surface area contributed by atoms with E-state index in [2.05, 4.69) is 15.9 Å². The Morgan fingerprint density at radius 1 is 1.17 bits per heavy atom. The molecule has 0 fully saturated rings. The molecule has 0 saturated carbocycles. The van der Waals surface area contributed by atoms with E-state index in [1.807, 2.05) is 0 Å².